The second-order valence-corrected chi connectivity index (χ2v) is 8.20. The van der Waals surface area contributed by atoms with E-state index < -0.39 is 0 Å². The molecule has 7 nitrogen and oxygen atoms in total. The molecule has 3 heterocycles. The van der Waals surface area contributed by atoms with Crippen LogP contribution >= 0.6 is 11.3 Å². The summed E-state index contributed by atoms with van der Waals surface area (Å²) in [6.07, 6.45) is 3.37. The number of aromatic nitrogens is 2. The number of carbonyl (C=O) groups is 1. The number of anilines is 4. The molecule has 2 N–H and O–H groups in total. The number of ether oxygens (including phenoxy) is 1. The first-order valence-corrected chi connectivity index (χ1v) is 10.9. The normalized spacial score (nSPS) is 13.9. The number of rotatable bonds is 5. The summed E-state index contributed by atoms with van der Waals surface area (Å²) in [4.78, 5) is 24.1. The van der Waals surface area contributed by atoms with Crippen molar-refractivity contribution in [2.75, 3.05) is 41.8 Å². The SMILES string of the molecule is O=C(Nc1ccc(N2CCOCC2)cc1)c1cnc(Nc2ccc3ncccc3c2)s1. The first-order valence-electron chi connectivity index (χ1n) is 10.1. The highest BCUT2D eigenvalue weighted by molar-refractivity contribution is 7.17. The Balaban J connectivity index is 1.23. The summed E-state index contributed by atoms with van der Waals surface area (Å²) >= 11 is 1.31. The Morgan fingerprint density at radius 2 is 1.81 bits per heavy atom. The molecule has 1 aliphatic rings. The second kappa shape index (κ2) is 8.71. The number of hydrogen-bond donors (Lipinski definition) is 2. The lowest BCUT2D eigenvalue weighted by Crippen LogP contribution is -2.36. The van der Waals surface area contributed by atoms with Gasteiger partial charge in [0.25, 0.3) is 5.91 Å². The van der Waals surface area contributed by atoms with Gasteiger partial charge in [-0.1, -0.05) is 17.4 Å². The van der Waals surface area contributed by atoms with Crippen LogP contribution in [0.2, 0.25) is 0 Å². The molecular weight excluding hydrogens is 410 g/mol. The van der Waals surface area contributed by atoms with Crippen LogP contribution in [0.25, 0.3) is 10.9 Å². The lowest BCUT2D eigenvalue weighted by atomic mass is 10.2. The zero-order valence-electron chi connectivity index (χ0n) is 16.7. The molecule has 156 valence electrons. The molecule has 0 spiro atoms. The molecule has 1 aliphatic heterocycles. The third-order valence-electron chi connectivity index (χ3n) is 5.09. The first kappa shape index (κ1) is 19.5. The Morgan fingerprint density at radius 1 is 1.00 bits per heavy atom. The molecule has 4 aromatic rings. The van der Waals surface area contributed by atoms with Crippen LogP contribution in [0, 0.1) is 0 Å². The highest BCUT2D eigenvalue weighted by Crippen LogP contribution is 2.26. The van der Waals surface area contributed by atoms with Crippen LogP contribution in [0.5, 0.6) is 0 Å². The molecule has 2 aromatic heterocycles. The van der Waals surface area contributed by atoms with Crippen LogP contribution in [0.1, 0.15) is 9.67 Å². The van der Waals surface area contributed by atoms with Crippen LogP contribution in [-0.4, -0.2) is 42.2 Å². The van der Waals surface area contributed by atoms with Crippen molar-refractivity contribution in [2.45, 2.75) is 0 Å². The number of thiazole rings is 1. The number of morpholine rings is 1. The van der Waals surface area contributed by atoms with E-state index in [4.69, 9.17) is 4.74 Å². The number of pyridine rings is 1. The first-order chi connectivity index (χ1) is 15.2. The zero-order valence-corrected chi connectivity index (χ0v) is 17.6. The highest BCUT2D eigenvalue weighted by Gasteiger charge is 2.13. The number of nitrogens with zero attached hydrogens (tertiary/aromatic N) is 3. The molecule has 1 fully saturated rings. The highest BCUT2D eigenvalue weighted by atomic mass is 32.1. The molecule has 0 unspecified atom stereocenters. The van der Waals surface area contributed by atoms with E-state index in [1.54, 1.807) is 12.4 Å². The van der Waals surface area contributed by atoms with Crippen LogP contribution in [-0.2, 0) is 4.74 Å². The molecule has 1 amide bonds. The lowest BCUT2D eigenvalue weighted by Gasteiger charge is -2.28. The Bertz CT molecular complexity index is 1200. The van der Waals surface area contributed by atoms with Crippen molar-refractivity contribution >= 4 is 50.3 Å². The van der Waals surface area contributed by atoms with Crippen molar-refractivity contribution in [3.05, 3.63) is 71.9 Å². The van der Waals surface area contributed by atoms with Gasteiger partial charge in [0.2, 0.25) is 0 Å². The van der Waals surface area contributed by atoms with Gasteiger partial charge in [-0.05, 0) is 48.5 Å². The van der Waals surface area contributed by atoms with Gasteiger partial charge in [0.15, 0.2) is 5.13 Å². The van der Waals surface area contributed by atoms with E-state index in [1.807, 2.05) is 54.6 Å². The van der Waals surface area contributed by atoms with Crippen molar-refractivity contribution in [3.8, 4) is 0 Å². The fourth-order valence-electron chi connectivity index (χ4n) is 3.48. The van der Waals surface area contributed by atoms with Gasteiger partial charge >= 0.3 is 0 Å². The Kier molecular flexibility index (Phi) is 5.47. The predicted octanol–water partition coefficient (Wildman–Crippen LogP) is 4.52. The maximum atomic E-state index is 12.6. The summed E-state index contributed by atoms with van der Waals surface area (Å²) in [5.41, 5.74) is 3.73. The molecule has 0 aliphatic carbocycles. The molecule has 8 heteroatoms. The molecule has 5 rings (SSSR count). The van der Waals surface area contributed by atoms with Gasteiger partial charge < -0.3 is 20.3 Å². The van der Waals surface area contributed by atoms with Gasteiger partial charge in [0, 0.05) is 41.7 Å². The topological polar surface area (TPSA) is 79.4 Å². The fourth-order valence-corrected chi connectivity index (χ4v) is 4.22. The third kappa shape index (κ3) is 4.50. The summed E-state index contributed by atoms with van der Waals surface area (Å²) in [6, 6.07) is 17.7. The minimum absolute atomic E-state index is 0.174. The van der Waals surface area contributed by atoms with E-state index in [0.717, 1.165) is 54.3 Å². The Hall–Kier alpha value is -3.49. The lowest BCUT2D eigenvalue weighted by molar-refractivity contribution is 0.103. The van der Waals surface area contributed by atoms with Crippen molar-refractivity contribution < 1.29 is 9.53 Å². The molecule has 31 heavy (non-hydrogen) atoms. The molecule has 1 saturated heterocycles. The molecule has 0 bridgehead atoms. The minimum atomic E-state index is -0.174. The molecular formula is C23H21N5O2S. The van der Waals surface area contributed by atoms with Gasteiger partial charge in [0.1, 0.15) is 4.88 Å². The number of fused-ring (bicyclic) bond motifs is 1. The van der Waals surface area contributed by atoms with E-state index >= 15 is 0 Å². The number of amides is 1. The summed E-state index contributed by atoms with van der Waals surface area (Å²) in [5.74, 6) is -0.174. The molecule has 2 aromatic carbocycles. The monoisotopic (exact) mass is 431 g/mol. The number of benzene rings is 2. The van der Waals surface area contributed by atoms with Gasteiger partial charge in [-0.15, -0.1) is 0 Å². The summed E-state index contributed by atoms with van der Waals surface area (Å²) in [7, 11) is 0. The Morgan fingerprint density at radius 3 is 2.65 bits per heavy atom. The average molecular weight is 432 g/mol. The largest absolute Gasteiger partial charge is 0.378 e. The van der Waals surface area contributed by atoms with Crippen LogP contribution in [0.3, 0.4) is 0 Å². The van der Waals surface area contributed by atoms with E-state index in [-0.39, 0.29) is 5.91 Å². The van der Waals surface area contributed by atoms with Gasteiger partial charge in [-0.2, -0.15) is 0 Å². The van der Waals surface area contributed by atoms with Gasteiger partial charge in [-0.25, -0.2) is 4.98 Å². The maximum Gasteiger partial charge on any atom is 0.267 e. The summed E-state index contributed by atoms with van der Waals surface area (Å²) in [6.45, 7) is 3.26. The maximum absolute atomic E-state index is 12.6. The van der Waals surface area contributed by atoms with Crippen LogP contribution in [0.4, 0.5) is 22.2 Å². The van der Waals surface area contributed by atoms with E-state index in [2.05, 4.69) is 25.5 Å². The minimum Gasteiger partial charge on any atom is -0.378 e. The third-order valence-corrected chi connectivity index (χ3v) is 6.00. The molecule has 0 saturated carbocycles. The van der Waals surface area contributed by atoms with Crippen LogP contribution in [0.15, 0.2) is 67.0 Å². The fraction of sp³-hybridized carbons (Fsp3) is 0.174. The van der Waals surface area contributed by atoms with Crippen molar-refractivity contribution in [2.24, 2.45) is 0 Å². The van der Waals surface area contributed by atoms with Gasteiger partial charge in [0.05, 0.1) is 24.9 Å². The van der Waals surface area contributed by atoms with E-state index in [9.17, 15) is 4.79 Å². The molecule has 0 radical (unpaired) electrons. The number of carbonyl (C=O) groups excluding carboxylic acids is 1. The summed E-state index contributed by atoms with van der Waals surface area (Å²) < 4.78 is 5.39. The predicted molar refractivity (Wildman–Crippen MR) is 125 cm³/mol. The zero-order chi connectivity index (χ0) is 21.0. The smallest absolute Gasteiger partial charge is 0.267 e. The standard InChI is InChI=1S/C23H21N5O2S/c29-22(26-17-3-6-19(7-4-17)28-10-12-30-13-11-28)21-15-25-23(31-21)27-18-5-8-20-16(14-18)2-1-9-24-20/h1-9,14-15H,10-13H2,(H,25,27)(H,26,29). The molecule has 0 atom stereocenters. The van der Waals surface area contributed by atoms with Crippen molar-refractivity contribution in [1.82, 2.24) is 9.97 Å². The summed E-state index contributed by atoms with van der Waals surface area (Å²) in [5, 5.41) is 7.91. The van der Waals surface area contributed by atoms with E-state index in [1.165, 1.54) is 11.3 Å². The Labute approximate surface area is 183 Å². The quantitative estimate of drug-likeness (QED) is 0.484. The van der Waals surface area contributed by atoms with Gasteiger partial charge in [-0.3, -0.25) is 9.78 Å². The number of hydrogen-bond acceptors (Lipinski definition) is 7. The average Bonchev–Trinajstić information content (AvgIpc) is 3.29. The van der Waals surface area contributed by atoms with E-state index in [0.29, 0.717) is 10.0 Å². The second-order valence-electron chi connectivity index (χ2n) is 7.17. The number of nitrogens with one attached hydrogen (secondary N) is 2. The van der Waals surface area contributed by atoms with Crippen molar-refractivity contribution in [3.63, 3.8) is 0 Å². The van der Waals surface area contributed by atoms with Crippen molar-refractivity contribution in [1.29, 1.82) is 0 Å². The van der Waals surface area contributed by atoms with Crippen LogP contribution < -0.4 is 15.5 Å².